The van der Waals surface area contributed by atoms with Crippen LogP contribution in [0, 0.1) is 0 Å². The average molecular weight is 582 g/mol. The number of sulfone groups is 1. The number of aryl methyl sites for hydroxylation is 1. The molecule has 0 N–H and O–H groups in total. The molecule has 1 fully saturated rings. The molecule has 2 aliphatic rings. The Kier molecular flexibility index (Phi) is 7.89. The first-order valence-electron chi connectivity index (χ1n) is 14.2. The largest absolute Gasteiger partial charge is 0.487 e. The summed E-state index contributed by atoms with van der Waals surface area (Å²) in [6, 6.07) is 13.8. The van der Waals surface area contributed by atoms with Gasteiger partial charge in [-0.25, -0.2) is 13.2 Å². The number of likely N-dealkylation sites (tertiary alicyclic amines) is 1. The monoisotopic (exact) mass is 581 g/mol. The molecule has 2 aromatic carbocycles. The molecule has 1 spiro atoms. The highest BCUT2D eigenvalue weighted by molar-refractivity contribution is 7.89. The number of amides is 1. The standard InChI is InChI=1S/C31H39N3O6S/c1-21(2)28-32-27(40-33-28)20-41(36,37)19-22-6-8-23(9-7-22)24-10-11-26-25(18-24)12-13-31(38-26)14-16-34(17-15-31)29(35)39-30(3,4)5/h6-11,18,21H,12-17,19-20H2,1-5H3. The van der Waals surface area contributed by atoms with Gasteiger partial charge in [-0.15, -0.1) is 0 Å². The van der Waals surface area contributed by atoms with Crippen LogP contribution in [0.2, 0.25) is 0 Å². The van der Waals surface area contributed by atoms with Gasteiger partial charge in [-0.1, -0.05) is 49.3 Å². The van der Waals surface area contributed by atoms with Gasteiger partial charge in [-0.3, -0.25) is 0 Å². The van der Waals surface area contributed by atoms with Crippen LogP contribution < -0.4 is 4.74 Å². The molecule has 0 bridgehead atoms. The second kappa shape index (κ2) is 11.1. The van der Waals surface area contributed by atoms with E-state index in [1.807, 2.05) is 71.0 Å². The summed E-state index contributed by atoms with van der Waals surface area (Å²) in [6.45, 7) is 10.7. The van der Waals surface area contributed by atoms with E-state index in [0.717, 1.165) is 48.1 Å². The molecular formula is C31H39N3O6S. The summed E-state index contributed by atoms with van der Waals surface area (Å²) in [6.07, 6.45) is 3.11. The van der Waals surface area contributed by atoms with E-state index < -0.39 is 15.4 Å². The van der Waals surface area contributed by atoms with Crippen LogP contribution in [0.25, 0.3) is 11.1 Å². The lowest BCUT2D eigenvalue weighted by Crippen LogP contribution is -2.52. The first-order chi connectivity index (χ1) is 19.3. The molecule has 0 atom stereocenters. The fraction of sp³-hybridized carbons (Fsp3) is 0.516. The van der Waals surface area contributed by atoms with Crippen molar-refractivity contribution in [3.63, 3.8) is 0 Å². The summed E-state index contributed by atoms with van der Waals surface area (Å²) in [4.78, 5) is 18.4. The van der Waals surface area contributed by atoms with E-state index in [4.69, 9.17) is 14.0 Å². The number of ether oxygens (including phenoxy) is 2. The molecule has 0 saturated carbocycles. The second-order valence-electron chi connectivity index (χ2n) is 12.5. The number of carbonyl (C=O) groups is 1. The van der Waals surface area contributed by atoms with Crippen LogP contribution in [0.4, 0.5) is 4.79 Å². The number of piperidine rings is 1. The normalized spacial score (nSPS) is 16.9. The van der Waals surface area contributed by atoms with Gasteiger partial charge < -0.3 is 18.9 Å². The van der Waals surface area contributed by atoms with Gasteiger partial charge in [0.1, 0.15) is 22.7 Å². The number of carbonyl (C=O) groups excluding carboxylic acids is 1. The van der Waals surface area contributed by atoms with Crippen molar-refractivity contribution in [3.05, 3.63) is 65.3 Å². The number of fused-ring (bicyclic) bond motifs is 1. The highest BCUT2D eigenvalue weighted by Crippen LogP contribution is 2.41. The molecule has 3 heterocycles. The Morgan fingerprint density at radius 2 is 1.71 bits per heavy atom. The van der Waals surface area contributed by atoms with E-state index >= 15 is 0 Å². The summed E-state index contributed by atoms with van der Waals surface area (Å²) in [5.41, 5.74) is 3.18. The smallest absolute Gasteiger partial charge is 0.410 e. The summed E-state index contributed by atoms with van der Waals surface area (Å²) < 4.78 is 42.7. The lowest BCUT2D eigenvalue weighted by molar-refractivity contribution is -0.0272. The van der Waals surface area contributed by atoms with E-state index in [2.05, 4.69) is 16.2 Å². The highest BCUT2D eigenvalue weighted by Gasteiger charge is 2.41. The van der Waals surface area contributed by atoms with Crippen LogP contribution in [-0.2, 0) is 32.5 Å². The van der Waals surface area contributed by atoms with Crippen LogP contribution in [0.5, 0.6) is 5.75 Å². The van der Waals surface area contributed by atoms with Crippen molar-refractivity contribution in [2.45, 2.75) is 88.9 Å². The minimum Gasteiger partial charge on any atom is -0.487 e. The van der Waals surface area contributed by atoms with Crippen LogP contribution in [-0.4, -0.2) is 53.8 Å². The van der Waals surface area contributed by atoms with Gasteiger partial charge in [0.05, 0.1) is 5.75 Å². The maximum absolute atomic E-state index is 12.7. The van der Waals surface area contributed by atoms with Gasteiger partial charge >= 0.3 is 6.09 Å². The zero-order chi connectivity index (χ0) is 29.4. The molecule has 0 radical (unpaired) electrons. The quantitative estimate of drug-likeness (QED) is 0.345. The topological polar surface area (TPSA) is 112 Å². The predicted molar refractivity (Wildman–Crippen MR) is 155 cm³/mol. The van der Waals surface area contributed by atoms with Gasteiger partial charge in [0.2, 0.25) is 5.89 Å². The maximum atomic E-state index is 12.7. The molecule has 0 unspecified atom stereocenters. The van der Waals surface area contributed by atoms with Crippen molar-refractivity contribution in [1.29, 1.82) is 0 Å². The second-order valence-corrected chi connectivity index (χ2v) is 14.6. The Balaban J connectivity index is 1.19. The van der Waals surface area contributed by atoms with Gasteiger partial charge in [-0.05, 0) is 68.0 Å². The minimum absolute atomic E-state index is 0.0723. The molecular weight excluding hydrogens is 542 g/mol. The maximum Gasteiger partial charge on any atom is 0.410 e. The third kappa shape index (κ3) is 7.09. The Bertz CT molecular complexity index is 1500. The van der Waals surface area contributed by atoms with Gasteiger partial charge in [-0.2, -0.15) is 4.98 Å². The van der Waals surface area contributed by atoms with Crippen molar-refractivity contribution in [2.75, 3.05) is 13.1 Å². The highest BCUT2D eigenvalue weighted by atomic mass is 32.2. The van der Waals surface area contributed by atoms with Crippen LogP contribution in [0.3, 0.4) is 0 Å². The van der Waals surface area contributed by atoms with Crippen LogP contribution in [0.1, 0.15) is 82.6 Å². The summed E-state index contributed by atoms with van der Waals surface area (Å²) >= 11 is 0. The lowest BCUT2D eigenvalue weighted by atomic mass is 9.82. The number of nitrogens with zero attached hydrogens (tertiary/aromatic N) is 3. The van der Waals surface area contributed by atoms with Crippen molar-refractivity contribution >= 4 is 15.9 Å². The molecule has 2 aliphatic heterocycles. The van der Waals surface area contributed by atoms with Gasteiger partial charge in [0.15, 0.2) is 15.7 Å². The molecule has 1 aromatic heterocycles. The molecule has 41 heavy (non-hydrogen) atoms. The molecule has 220 valence electrons. The first-order valence-corrected chi connectivity index (χ1v) is 16.0. The summed E-state index contributed by atoms with van der Waals surface area (Å²) in [7, 11) is -3.46. The molecule has 0 aliphatic carbocycles. The lowest BCUT2D eigenvalue weighted by Gasteiger charge is -2.44. The van der Waals surface area contributed by atoms with Crippen molar-refractivity contribution < 1.29 is 27.2 Å². The third-order valence-electron chi connectivity index (χ3n) is 7.58. The molecule has 1 saturated heterocycles. The molecule has 1 amide bonds. The number of rotatable bonds is 6. The Morgan fingerprint density at radius 1 is 1.02 bits per heavy atom. The first kappa shape index (κ1) is 29.1. The number of benzene rings is 2. The predicted octanol–water partition coefficient (Wildman–Crippen LogP) is 6.07. The van der Waals surface area contributed by atoms with Gasteiger partial charge in [0, 0.05) is 31.8 Å². The van der Waals surface area contributed by atoms with Crippen molar-refractivity contribution in [2.24, 2.45) is 0 Å². The zero-order valence-electron chi connectivity index (χ0n) is 24.5. The summed E-state index contributed by atoms with van der Waals surface area (Å²) in [5, 5.41) is 3.85. The fourth-order valence-corrected chi connectivity index (χ4v) is 6.62. The van der Waals surface area contributed by atoms with E-state index in [1.54, 1.807) is 4.90 Å². The number of hydrogen-bond acceptors (Lipinski definition) is 8. The molecule has 9 nitrogen and oxygen atoms in total. The van der Waals surface area contributed by atoms with Gasteiger partial charge in [0.25, 0.3) is 0 Å². The molecule has 5 rings (SSSR count). The fourth-order valence-electron chi connectivity index (χ4n) is 5.32. The minimum atomic E-state index is -3.46. The van der Waals surface area contributed by atoms with E-state index in [0.29, 0.717) is 24.5 Å². The summed E-state index contributed by atoms with van der Waals surface area (Å²) in [5.74, 6) is 1.22. The third-order valence-corrected chi connectivity index (χ3v) is 9.04. The van der Waals surface area contributed by atoms with Crippen LogP contribution >= 0.6 is 0 Å². The number of hydrogen-bond donors (Lipinski definition) is 0. The van der Waals surface area contributed by atoms with Crippen LogP contribution in [0.15, 0.2) is 47.0 Å². The SMILES string of the molecule is CC(C)c1noc(CS(=O)(=O)Cc2ccc(-c3ccc4c(c3)CCC3(CCN(C(=O)OC(C)(C)C)CC3)O4)cc2)n1. The van der Waals surface area contributed by atoms with E-state index in [-0.39, 0.29) is 35.0 Å². The average Bonchev–Trinajstić information content (AvgIpc) is 3.36. The van der Waals surface area contributed by atoms with Crippen molar-refractivity contribution in [3.8, 4) is 16.9 Å². The Labute approximate surface area is 242 Å². The Morgan fingerprint density at radius 3 is 2.34 bits per heavy atom. The molecule has 3 aromatic rings. The van der Waals surface area contributed by atoms with E-state index in [1.165, 1.54) is 0 Å². The molecule has 10 heteroatoms. The zero-order valence-corrected chi connectivity index (χ0v) is 25.3. The Hall–Kier alpha value is -3.40. The van der Waals surface area contributed by atoms with E-state index in [9.17, 15) is 13.2 Å². The number of aromatic nitrogens is 2. The van der Waals surface area contributed by atoms with Crippen molar-refractivity contribution in [1.82, 2.24) is 15.0 Å².